The van der Waals surface area contributed by atoms with Gasteiger partial charge in [0.1, 0.15) is 17.9 Å². The van der Waals surface area contributed by atoms with E-state index in [2.05, 4.69) is 10.3 Å². The van der Waals surface area contributed by atoms with E-state index in [-0.39, 0.29) is 17.5 Å². The van der Waals surface area contributed by atoms with Gasteiger partial charge in [-0.1, -0.05) is 12.1 Å². The van der Waals surface area contributed by atoms with Crippen molar-refractivity contribution < 1.29 is 18.0 Å². The summed E-state index contributed by atoms with van der Waals surface area (Å²) >= 11 is 1.43. The standard InChI is InChI=1S/C20H18F2N2O2S/c21-16-5-1-14(2-6-16)9-10-23-19(25)13-27-12-18-11-26-20(24-18)15-3-7-17(22)8-4-15/h1-8,11H,9-10,12-13H2,(H,23,25). The van der Waals surface area contributed by atoms with Crippen LogP contribution in [0, 0.1) is 11.6 Å². The van der Waals surface area contributed by atoms with Crippen LogP contribution in [0.5, 0.6) is 0 Å². The number of rotatable bonds is 8. The van der Waals surface area contributed by atoms with Crippen LogP contribution >= 0.6 is 11.8 Å². The first-order valence-electron chi connectivity index (χ1n) is 8.39. The van der Waals surface area contributed by atoms with Gasteiger partial charge in [0, 0.05) is 17.9 Å². The largest absolute Gasteiger partial charge is 0.444 e. The Hall–Kier alpha value is -2.67. The molecule has 3 rings (SSSR count). The molecule has 0 atom stereocenters. The van der Waals surface area contributed by atoms with Gasteiger partial charge in [0.2, 0.25) is 11.8 Å². The minimum Gasteiger partial charge on any atom is -0.444 e. The molecule has 0 aliphatic rings. The highest BCUT2D eigenvalue weighted by Gasteiger charge is 2.08. The fourth-order valence-electron chi connectivity index (χ4n) is 2.39. The first-order chi connectivity index (χ1) is 13.1. The van der Waals surface area contributed by atoms with Gasteiger partial charge in [-0.05, 0) is 48.4 Å². The third-order valence-electron chi connectivity index (χ3n) is 3.78. The van der Waals surface area contributed by atoms with Gasteiger partial charge in [-0.2, -0.15) is 0 Å². The SMILES string of the molecule is O=C(CSCc1coc(-c2ccc(F)cc2)n1)NCCc1ccc(F)cc1. The monoisotopic (exact) mass is 388 g/mol. The number of halogens is 2. The lowest BCUT2D eigenvalue weighted by molar-refractivity contribution is -0.118. The molecular formula is C20H18F2N2O2S. The Labute approximate surface area is 160 Å². The van der Waals surface area contributed by atoms with Crippen LogP contribution < -0.4 is 5.32 Å². The minimum absolute atomic E-state index is 0.0654. The summed E-state index contributed by atoms with van der Waals surface area (Å²) in [6.07, 6.45) is 2.19. The molecule has 7 heteroatoms. The first-order valence-corrected chi connectivity index (χ1v) is 9.55. The molecule has 4 nitrogen and oxygen atoms in total. The van der Waals surface area contributed by atoms with Crippen LogP contribution in [-0.2, 0) is 17.0 Å². The number of oxazole rings is 1. The Kier molecular flexibility index (Phi) is 6.59. The highest BCUT2D eigenvalue weighted by atomic mass is 32.2. The van der Waals surface area contributed by atoms with Crippen LogP contribution in [0.1, 0.15) is 11.3 Å². The predicted molar refractivity (Wildman–Crippen MR) is 101 cm³/mol. The summed E-state index contributed by atoms with van der Waals surface area (Å²) in [5.41, 5.74) is 2.39. The van der Waals surface area contributed by atoms with E-state index in [1.165, 1.54) is 42.3 Å². The van der Waals surface area contributed by atoms with Gasteiger partial charge in [0.05, 0.1) is 11.4 Å². The molecule has 1 aromatic heterocycles. The van der Waals surface area contributed by atoms with Gasteiger partial charge >= 0.3 is 0 Å². The van der Waals surface area contributed by atoms with E-state index in [9.17, 15) is 13.6 Å². The Balaban J connectivity index is 1.37. The molecule has 1 amide bonds. The molecular weight excluding hydrogens is 370 g/mol. The number of amides is 1. The van der Waals surface area contributed by atoms with E-state index < -0.39 is 0 Å². The summed E-state index contributed by atoms with van der Waals surface area (Å²) in [6.45, 7) is 0.504. The van der Waals surface area contributed by atoms with Crippen LogP contribution in [0.15, 0.2) is 59.2 Å². The van der Waals surface area contributed by atoms with Crippen molar-refractivity contribution in [1.82, 2.24) is 10.3 Å². The topological polar surface area (TPSA) is 55.1 Å². The Morgan fingerprint density at radius 2 is 1.70 bits per heavy atom. The average molecular weight is 388 g/mol. The molecule has 0 aliphatic carbocycles. The zero-order chi connectivity index (χ0) is 19.1. The van der Waals surface area contributed by atoms with E-state index in [0.29, 0.717) is 35.9 Å². The predicted octanol–water partition coefficient (Wildman–Crippen LogP) is 4.21. The highest BCUT2D eigenvalue weighted by molar-refractivity contribution is 7.99. The van der Waals surface area contributed by atoms with Crippen molar-refractivity contribution in [3.63, 3.8) is 0 Å². The first kappa shape index (κ1) is 19.1. The normalized spacial score (nSPS) is 10.7. The number of carbonyl (C=O) groups excluding carboxylic acids is 1. The zero-order valence-corrected chi connectivity index (χ0v) is 15.3. The molecule has 27 heavy (non-hydrogen) atoms. The van der Waals surface area contributed by atoms with Gasteiger partial charge < -0.3 is 9.73 Å². The number of hydrogen-bond acceptors (Lipinski definition) is 4. The molecule has 0 fully saturated rings. The van der Waals surface area contributed by atoms with E-state index in [4.69, 9.17) is 4.42 Å². The molecule has 2 aromatic carbocycles. The maximum absolute atomic E-state index is 12.9. The van der Waals surface area contributed by atoms with Crippen molar-refractivity contribution in [2.75, 3.05) is 12.3 Å². The molecule has 1 N–H and O–H groups in total. The second-order valence-electron chi connectivity index (χ2n) is 5.87. The Morgan fingerprint density at radius 1 is 1.04 bits per heavy atom. The number of thioether (sulfide) groups is 1. The fraction of sp³-hybridized carbons (Fsp3) is 0.200. The molecule has 0 saturated carbocycles. The zero-order valence-electron chi connectivity index (χ0n) is 14.5. The number of nitrogens with one attached hydrogen (secondary N) is 1. The van der Waals surface area contributed by atoms with Crippen LogP contribution in [0.3, 0.4) is 0 Å². The van der Waals surface area contributed by atoms with Gasteiger partial charge in [-0.15, -0.1) is 11.8 Å². The lowest BCUT2D eigenvalue weighted by atomic mass is 10.1. The van der Waals surface area contributed by atoms with Crippen molar-refractivity contribution in [3.8, 4) is 11.5 Å². The number of hydrogen-bond donors (Lipinski definition) is 1. The van der Waals surface area contributed by atoms with E-state index in [1.54, 1.807) is 24.3 Å². The average Bonchev–Trinajstić information content (AvgIpc) is 3.13. The third-order valence-corrected chi connectivity index (χ3v) is 4.74. The second-order valence-corrected chi connectivity index (χ2v) is 6.86. The van der Waals surface area contributed by atoms with Crippen molar-refractivity contribution in [2.45, 2.75) is 12.2 Å². The molecule has 0 saturated heterocycles. The third kappa shape index (κ3) is 5.92. The quantitative estimate of drug-likeness (QED) is 0.628. The van der Waals surface area contributed by atoms with E-state index in [0.717, 1.165) is 11.3 Å². The van der Waals surface area contributed by atoms with Crippen molar-refractivity contribution >= 4 is 17.7 Å². The molecule has 0 bridgehead atoms. The fourth-order valence-corrected chi connectivity index (χ4v) is 3.13. The van der Waals surface area contributed by atoms with Crippen molar-refractivity contribution in [3.05, 3.63) is 77.7 Å². The molecule has 0 radical (unpaired) electrons. The molecule has 1 heterocycles. The van der Waals surface area contributed by atoms with Gasteiger partial charge in [-0.25, -0.2) is 13.8 Å². The molecule has 0 unspecified atom stereocenters. The van der Waals surface area contributed by atoms with Crippen LogP contribution in [0.4, 0.5) is 8.78 Å². The Bertz CT molecular complexity index is 880. The van der Waals surface area contributed by atoms with Crippen LogP contribution in [0.25, 0.3) is 11.5 Å². The highest BCUT2D eigenvalue weighted by Crippen LogP contribution is 2.21. The minimum atomic E-state index is -0.313. The lowest BCUT2D eigenvalue weighted by Gasteiger charge is -2.05. The number of carbonyl (C=O) groups is 1. The molecule has 140 valence electrons. The number of aromatic nitrogens is 1. The van der Waals surface area contributed by atoms with Gasteiger partial charge in [0.25, 0.3) is 0 Å². The summed E-state index contributed by atoms with van der Waals surface area (Å²) in [4.78, 5) is 16.2. The number of nitrogens with zero attached hydrogens (tertiary/aromatic N) is 1. The van der Waals surface area contributed by atoms with Gasteiger partial charge in [-0.3, -0.25) is 4.79 Å². The van der Waals surface area contributed by atoms with Gasteiger partial charge in [0.15, 0.2) is 0 Å². The smallest absolute Gasteiger partial charge is 0.230 e. The maximum atomic E-state index is 12.9. The second kappa shape index (κ2) is 9.32. The summed E-state index contributed by atoms with van der Waals surface area (Å²) in [5, 5.41) is 2.84. The lowest BCUT2D eigenvalue weighted by Crippen LogP contribution is -2.27. The molecule has 3 aromatic rings. The summed E-state index contributed by atoms with van der Waals surface area (Å²) in [6, 6.07) is 12.1. The van der Waals surface area contributed by atoms with Crippen LogP contribution in [0.2, 0.25) is 0 Å². The van der Waals surface area contributed by atoms with E-state index >= 15 is 0 Å². The maximum Gasteiger partial charge on any atom is 0.230 e. The molecule has 0 spiro atoms. The number of benzene rings is 2. The summed E-state index contributed by atoms with van der Waals surface area (Å²) in [5.74, 6) is 0.623. The summed E-state index contributed by atoms with van der Waals surface area (Å²) < 4.78 is 31.2. The van der Waals surface area contributed by atoms with Crippen LogP contribution in [-0.4, -0.2) is 23.2 Å². The summed E-state index contributed by atoms with van der Waals surface area (Å²) in [7, 11) is 0. The molecule has 0 aliphatic heterocycles. The van der Waals surface area contributed by atoms with Crippen molar-refractivity contribution in [2.24, 2.45) is 0 Å². The van der Waals surface area contributed by atoms with Crippen molar-refractivity contribution in [1.29, 1.82) is 0 Å². The van der Waals surface area contributed by atoms with E-state index in [1.807, 2.05) is 0 Å². The Morgan fingerprint density at radius 3 is 2.41 bits per heavy atom.